The summed E-state index contributed by atoms with van der Waals surface area (Å²) < 4.78 is 20.0. The fraction of sp³-hybridized carbons (Fsp3) is 0.200. The number of halogens is 2. The van der Waals surface area contributed by atoms with Crippen molar-refractivity contribution in [2.45, 2.75) is 18.4 Å². The van der Waals surface area contributed by atoms with Crippen molar-refractivity contribution in [1.82, 2.24) is 0 Å². The van der Waals surface area contributed by atoms with Gasteiger partial charge in [-0.05, 0) is 48.7 Å². The Kier molecular flexibility index (Phi) is 2.97. The van der Waals surface area contributed by atoms with Crippen LogP contribution in [0.4, 0.5) is 10.1 Å². The van der Waals surface area contributed by atoms with Gasteiger partial charge in [-0.2, -0.15) is 0 Å². The molecule has 2 aromatic rings. The molecule has 1 fully saturated rings. The Morgan fingerprint density at radius 2 is 1.79 bits per heavy atom. The molecule has 0 saturated heterocycles. The molecule has 0 spiro atoms. The highest BCUT2D eigenvalue weighted by Crippen LogP contribution is 2.50. The van der Waals surface area contributed by atoms with E-state index in [0.29, 0.717) is 11.4 Å². The summed E-state index contributed by atoms with van der Waals surface area (Å²) in [7, 11) is 0. The van der Waals surface area contributed by atoms with Crippen molar-refractivity contribution >= 4 is 21.6 Å². The van der Waals surface area contributed by atoms with Gasteiger partial charge in [-0.3, -0.25) is 0 Å². The van der Waals surface area contributed by atoms with E-state index in [0.717, 1.165) is 22.9 Å². The number of nitrogens with two attached hydrogens (primary N) is 1. The van der Waals surface area contributed by atoms with E-state index >= 15 is 0 Å². The molecule has 98 valence electrons. The van der Waals surface area contributed by atoms with Crippen LogP contribution in [-0.4, -0.2) is 0 Å². The zero-order chi connectivity index (χ0) is 13.5. The van der Waals surface area contributed by atoms with Gasteiger partial charge in [-0.15, -0.1) is 0 Å². The summed E-state index contributed by atoms with van der Waals surface area (Å²) >= 11 is 3.40. The van der Waals surface area contributed by atoms with Gasteiger partial charge < -0.3 is 10.5 Å². The minimum atomic E-state index is -0.345. The standard InChI is InChI=1S/C15H13BrFNO/c16-11-3-6-13(18)14(9-11)19-15(7-8-15)10-1-4-12(17)5-2-10/h1-6,9H,7-8,18H2. The van der Waals surface area contributed by atoms with Gasteiger partial charge >= 0.3 is 0 Å². The smallest absolute Gasteiger partial charge is 0.144 e. The molecule has 0 atom stereocenters. The van der Waals surface area contributed by atoms with Gasteiger partial charge in [0.15, 0.2) is 0 Å². The number of hydrogen-bond acceptors (Lipinski definition) is 2. The zero-order valence-electron chi connectivity index (χ0n) is 10.2. The molecule has 0 heterocycles. The Labute approximate surface area is 119 Å². The van der Waals surface area contributed by atoms with Crippen LogP contribution in [-0.2, 0) is 5.60 Å². The van der Waals surface area contributed by atoms with E-state index in [1.807, 2.05) is 12.1 Å². The number of hydrogen-bond donors (Lipinski definition) is 1. The lowest BCUT2D eigenvalue weighted by Gasteiger charge is -2.20. The molecule has 0 unspecified atom stereocenters. The maximum absolute atomic E-state index is 13.0. The molecule has 19 heavy (non-hydrogen) atoms. The largest absolute Gasteiger partial charge is 0.480 e. The number of nitrogen functional groups attached to an aromatic ring is 1. The zero-order valence-corrected chi connectivity index (χ0v) is 11.8. The molecule has 2 N–H and O–H groups in total. The summed E-state index contributed by atoms with van der Waals surface area (Å²) in [6.45, 7) is 0. The average Bonchev–Trinajstić information content (AvgIpc) is 3.16. The SMILES string of the molecule is Nc1ccc(Br)cc1OC1(c2ccc(F)cc2)CC1. The van der Waals surface area contributed by atoms with E-state index in [1.165, 1.54) is 12.1 Å². The Bertz CT molecular complexity index is 608. The van der Waals surface area contributed by atoms with Gasteiger partial charge in [0.25, 0.3) is 0 Å². The summed E-state index contributed by atoms with van der Waals surface area (Å²) in [4.78, 5) is 0. The lowest BCUT2D eigenvalue weighted by atomic mass is 10.1. The van der Waals surface area contributed by atoms with Gasteiger partial charge in [-0.1, -0.05) is 28.1 Å². The third kappa shape index (κ3) is 2.45. The first-order valence-corrected chi connectivity index (χ1v) is 6.88. The van der Waals surface area contributed by atoms with Crippen molar-refractivity contribution in [3.63, 3.8) is 0 Å². The van der Waals surface area contributed by atoms with Crippen LogP contribution in [0.2, 0.25) is 0 Å². The van der Waals surface area contributed by atoms with Crippen LogP contribution in [0.5, 0.6) is 5.75 Å². The van der Waals surface area contributed by atoms with Crippen molar-refractivity contribution in [2.24, 2.45) is 0 Å². The molecule has 0 bridgehead atoms. The fourth-order valence-electron chi connectivity index (χ4n) is 2.12. The third-order valence-electron chi connectivity index (χ3n) is 3.36. The molecule has 3 rings (SSSR count). The second-order valence-corrected chi connectivity index (χ2v) is 5.70. The first kappa shape index (κ1) is 12.5. The van der Waals surface area contributed by atoms with Crippen molar-refractivity contribution in [3.8, 4) is 5.75 Å². The topological polar surface area (TPSA) is 35.2 Å². The Morgan fingerprint density at radius 1 is 1.11 bits per heavy atom. The molecule has 0 radical (unpaired) electrons. The normalized spacial score (nSPS) is 16.1. The summed E-state index contributed by atoms with van der Waals surface area (Å²) in [5, 5.41) is 0. The van der Waals surface area contributed by atoms with E-state index in [-0.39, 0.29) is 11.4 Å². The predicted molar refractivity (Wildman–Crippen MR) is 76.5 cm³/mol. The molecule has 0 aliphatic heterocycles. The summed E-state index contributed by atoms with van der Waals surface area (Å²) in [6, 6.07) is 12.0. The number of anilines is 1. The highest BCUT2D eigenvalue weighted by Gasteiger charge is 2.47. The molecule has 1 aliphatic rings. The van der Waals surface area contributed by atoms with Crippen molar-refractivity contribution in [3.05, 3.63) is 58.3 Å². The van der Waals surface area contributed by atoms with E-state index in [1.54, 1.807) is 18.2 Å². The molecule has 0 aromatic heterocycles. The molecule has 2 aromatic carbocycles. The van der Waals surface area contributed by atoms with Crippen LogP contribution < -0.4 is 10.5 Å². The number of benzene rings is 2. The average molecular weight is 322 g/mol. The maximum Gasteiger partial charge on any atom is 0.144 e. The molecule has 1 aliphatic carbocycles. The first-order chi connectivity index (χ1) is 9.09. The molecule has 2 nitrogen and oxygen atoms in total. The van der Waals surface area contributed by atoms with Gasteiger partial charge in [0.2, 0.25) is 0 Å². The lowest BCUT2D eigenvalue weighted by molar-refractivity contribution is 0.182. The molecule has 4 heteroatoms. The monoisotopic (exact) mass is 321 g/mol. The minimum Gasteiger partial charge on any atom is -0.480 e. The first-order valence-electron chi connectivity index (χ1n) is 6.09. The number of rotatable bonds is 3. The third-order valence-corrected chi connectivity index (χ3v) is 3.85. The summed E-state index contributed by atoms with van der Waals surface area (Å²) in [5.41, 5.74) is 7.18. The molecular weight excluding hydrogens is 309 g/mol. The van der Waals surface area contributed by atoms with Crippen LogP contribution in [0.15, 0.2) is 46.9 Å². The second kappa shape index (κ2) is 4.53. The van der Waals surface area contributed by atoms with Gasteiger partial charge in [0.1, 0.15) is 17.2 Å². The summed E-state index contributed by atoms with van der Waals surface area (Å²) in [5.74, 6) is 0.428. The van der Waals surface area contributed by atoms with E-state index in [9.17, 15) is 4.39 Å². The van der Waals surface area contributed by atoms with Crippen LogP contribution in [0, 0.1) is 5.82 Å². The molecule has 1 saturated carbocycles. The van der Waals surface area contributed by atoms with Crippen LogP contribution in [0.25, 0.3) is 0 Å². The Morgan fingerprint density at radius 3 is 2.42 bits per heavy atom. The van der Waals surface area contributed by atoms with Crippen LogP contribution >= 0.6 is 15.9 Å². The maximum atomic E-state index is 13.0. The van der Waals surface area contributed by atoms with Crippen molar-refractivity contribution < 1.29 is 9.13 Å². The van der Waals surface area contributed by atoms with E-state index in [2.05, 4.69) is 15.9 Å². The minimum absolute atomic E-state index is 0.235. The van der Waals surface area contributed by atoms with Crippen LogP contribution in [0.3, 0.4) is 0 Å². The van der Waals surface area contributed by atoms with Gasteiger partial charge in [0.05, 0.1) is 5.69 Å². The molecule has 0 amide bonds. The van der Waals surface area contributed by atoms with E-state index in [4.69, 9.17) is 10.5 Å². The highest BCUT2D eigenvalue weighted by atomic mass is 79.9. The van der Waals surface area contributed by atoms with Crippen molar-refractivity contribution in [1.29, 1.82) is 0 Å². The summed E-state index contributed by atoms with van der Waals surface area (Å²) in [6.07, 6.45) is 1.84. The second-order valence-electron chi connectivity index (χ2n) is 4.79. The van der Waals surface area contributed by atoms with E-state index < -0.39 is 0 Å². The highest BCUT2D eigenvalue weighted by molar-refractivity contribution is 9.10. The Hall–Kier alpha value is -1.55. The Balaban J connectivity index is 1.90. The van der Waals surface area contributed by atoms with Gasteiger partial charge in [-0.25, -0.2) is 4.39 Å². The predicted octanol–water partition coefficient (Wildman–Crippen LogP) is 4.24. The lowest BCUT2D eigenvalue weighted by Crippen LogP contribution is -2.16. The quantitative estimate of drug-likeness (QED) is 0.858. The fourth-order valence-corrected chi connectivity index (χ4v) is 2.46. The number of ether oxygens (including phenoxy) is 1. The molecular formula is C15H13BrFNO. The van der Waals surface area contributed by atoms with Crippen molar-refractivity contribution in [2.75, 3.05) is 5.73 Å². The van der Waals surface area contributed by atoms with Crippen LogP contribution in [0.1, 0.15) is 18.4 Å². The van der Waals surface area contributed by atoms with Gasteiger partial charge in [0, 0.05) is 4.47 Å².